The SMILES string of the molecule is CCc1nc(C)cn2nc(-c3cc(=O)n4cc(C5CCN(C6COC6)CC5)ccc4n3)cc12.Cc1cn2nc(-c3cc(=O)n4cc(N5CCN(C)CC5)ccc4n3)cc2c(C2CC2)n1.Cc1cn2nc(-c3cc(=O)n4cc(N5CCNCC5)ccc4n3)cc2c(C2CC2)n1. The number of piperazine rings is 2. The lowest BCUT2D eigenvalue weighted by molar-refractivity contribution is -0.0712. The van der Waals surface area contributed by atoms with E-state index in [1.807, 2.05) is 114 Å². The van der Waals surface area contributed by atoms with E-state index in [1.54, 1.807) is 31.4 Å². The molecular formula is C70H76N20O4. The first kappa shape index (κ1) is 59.4. The number of likely N-dealkylation sites (N-methyl/N-ethyl adjacent to an activating group) is 1. The Balaban J connectivity index is 0.000000112. The molecule has 0 bridgehead atoms. The Morgan fingerprint density at radius 1 is 0.457 bits per heavy atom. The molecule has 16 heterocycles. The molecule has 480 valence electrons. The Kier molecular flexibility index (Phi) is 15.4. The number of hydrogen-bond acceptors (Lipinski definition) is 18. The van der Waals surface area contributed by atoms with E-state index in [4.69, 9.17) is 39.9 Å². The zero-order valence-corrected chi connectivity index (χ0v) is 53.8. The lowest BCUT2D eigenvalue weighted by atomic mass is 9.89. The Hall–Kier alpha value is -9.62. The van der Waals surface area contributed by atoms with Crippen molar-refractivity contribution in [3.63, 3.8) is 0 Å². The van der Waals surface area contributed by atoms with Crippen LogP contribution in [-0.2, 0) is 11.2 Å². The molecule has 4 aliphatic heterocycles. The molecule has 0 amide bonds. The zero-order valence-electron chi connectivity index (χ0n) is 53.8. The van der Waals surface area contributed by atoms with Gasteiger partial charge in [-0.2, -0.15) is 15.3 Å². The Labute approximate surface area is 541 Å². The standard InChI is InChI=1S/C25H28N6O2.C23H25N7O.C22H23N7O/c1-3-20-23-10-22(28-31(23)12-16(2)26-20)21-11-25(32)30-13-18(4-5-24(30)27-21)17-6-8-29(9-7-17)19-14-33-15-19;1-15-13-30-20(23(24-15)16-3-4-16)11-19(26-30)18-12-22(31)29-14-17(5-6-21(29)25-18)28-9-7-27(2)8-10-28;1-14-12-29-19(22(24-14)15-2-3-15)10-18(26-29)17-11-21(30)28-13-16(4-5-20(28)25-17)27-8-6-23-7-9-27/h4-5,10-13,17,19H,3,6-9,14-15H2,1-2H3;5-6,11-14,16H,3-4,7-10H2,1-2H3;4-5,10-13,15,23H,2-3,6-9H2,1H3. The third-order valence-electron chi connectivity index (χ3n) is 19.4. The maximum atomic E-state index is 13.0. The average Bonchev–Trinajstić information content (AvgIpc) is 1.65. The summed E-state index contributed by atoms with van der Waals surface area (Å²) in [6.45, 7) is 19.7. The van der Waals surface area contributed by atoms with Gasteiger partial charge in [-0.3, -0.25) is 47.4 Å². The molecule has 6 fully saturated rings. The van der Waals surface area contributed by atoms with E-state index in [9.17, 15) is 14.4 Å². The summed E-state index contributed by atoms with van der Waals surface area (Å²) in [5, 5.41) is 17.4. The highest BCUT2D eigenvalue weighted by molar-refractivity contribution is 5.70. The summed E-state index contributed by atoms with van der Waals surface area (Å²) in [5.41, 5.74) is 17.8. The van der Waals surface area contributed by atoms with Crippen molar-refractivity contribution in [1.82, 2.24) is 87.1 Å². The first-order chi connectivity index (χ1) is 45.8. The molecule has 0 atom stereocenters. The summed E-state index contributed by atoms with van der Waals surface area (Å²) in [5.74, 6) is 1.52. The minimum absolute atomic E-state index is 0.0806. The normalized spacial score (nSPS) is 17.7. The van der Waals surface area contributed by atoms with Gasteiger partial charge in [0.2, 0.25) is 0 Å². The molecular weight excluding hydrogens is 1180 g/mol. The van der Waals surface area contributed by atoms with Crippen molar-refractivity contribution in [3.8, 4) is 34.2 Å². The fourth-order valence-corrected chi connectivity index (χ4v) is 13.7. The van der Waals surface area contributed by atoms with Crippen molar-refractivity contribution in [2.45, 2.75) is 96.4 Å². The van der Waals surface area contributed by atoms with E-state index in [1.165, 1.54) is 31.2 Å². The molecule has 0 radical (unpaired) electrons. The molecule has 6 aliphatic rings. The molecule has 0 spiro atoms. The van der Waals surface area contributed by atoms with Gasteiger partial charge in [0.25, 0.3) is 16.7 Å². The molecule has 0 aromatic carbocycles. The Bertz CT molecular complexity index is 5090. The predicted molar refractivity (Wildman–Crippen MR) is 361 cm³/mol. The van der Waals surface area contributed by atoms with E-state index in [-0.39, 0.29) is 16.7 Å². The van der Waals surface area contributed by atoms with Crippen molar-refractivity contribution >= 4 is 44.9 Å². The monoisotopic (exact) mass is 1260 g/mol. The van der Waals surface area contributed by atoms with E-state index in [0.717, 1.165) is 160 Å². The summed E-state index contributed by atoms with van der Waals surface area (Å²) >= 11 is 0. The van der Waals surface area contributed by atoms with Crippen LogP contribution in [0.1, 0.15) is 103 Å². The van der Waals surface area contributed by atoms with Gasteiger partial charge in [0.15, 0.2) is 0 Å². The number of rotatable bonds is 10. The van der Waals surface area contributed by atoms with Crippen LogP contribution >= 0.6 is 0 Å². The van der Waals surface area contributed by atoms with Gasteiger partial charge < -0.3 is 24.8 Å². The highest BCUT2D eigenvalue weighted by Crippen LogP contribution is 2.43. The van der Waals surface area contributed by atoms with Gasteiger partial charge in [-0.25, -0.2) is 28.5 Å². The molecule has 94 heavy (non-hydrogen) atoms. The van der Waals surface area contributed by atoms with Crippen LogP contribution in [0.3, 0.4) is 0 Å². The number of piperidine rings is 1. The maximum absolute atomic E-state index is 13.0. The van der Waals surface area contributed by atoms with Crippen molar-refractivity contribution in [2.75, 3.05) is 95.5 Å². The molecule has 12 aromatic rings. The number of aromatic nitrogens is 15. The number of nitrogens with one attached hydrogen (secondary N) is 1. The summed E-state index contributed by atoms with van der Waals surface area (Å²) < 4.78 is 15.9. The minimum atomic E-state index is -0.0965. The van der Waals surface area contributed by atoms with Crippen LogP contribution in [0.2, 0.25) is 0 Å². The molecule has 12 aromatic heterocycles. The van der Waals surface area contributed by atoms with Crippen molar-refractivity contribution in [2.24, 2.45) is 0 Å². The molecule has 2 aliphatic carbocycles. The Morgan fingerprint density at radius 3 is 1.37 bits per heavy atom. The first-order valence-corrected chi connectivity index (χ1v) is 33.2. The number of hydrogen-bond donors (Lipinski definition) is 1. The lowest BCUT2D eigenvalue weighted by Crippen LogP contribution is -2.51. The summed E-state index contributed by atoms with van der Waals surface area (Å²) in [7, 11) is 2.14. The molecule has 18 rings (SSSR count). The predicted octanol–water partition coefficient (Wildman–Crippen LogP) is 7.19. The highest BCUT2D eigenvalue weighted by atomic mass is 16.5. The second-order valence-corrected chi connectivity index (χ2v) is 26.2. The van der Waals surface area contributed by atoms with Crippen LogP contribution in [0.5, 0.6) is 0 Å². The summed E-state index contributed by atoms with van der Waals surface area (Å²) in [6, 6.07) is 23.4. The molecule has 4 saturated heterocycles. The number of aryl methyl sites for hydroxylation is 4. The van der Waals surface area contributed by atoms with E-state index < -0.39 is 0 Å². The lowest BCUT2D eigenvalue weighted by Gasteiger charge is -2.41. The molecule has 1 N–H and O–H groups in total. The van der Waals surface area contributed by atoms with Gasteiger partial charge in [-0.15, -0.1) is 0 Å². The number of likely N-dealkylation sites (tertiary alicyclic amines) is 1. The van der Waals surface area contributed by atoms with Gasteiger partial charge in [0.05, 0.1) is 117 Å². The first-order valence-electron chi connectivity index (χ1n) is 33.2. The van der Waals surface area contributed by atoms with Gasteiger partial charge in [-0.05, 0) is 146 Å². The van der Waals surface area contributed by atoms with Crippen LogP contribution in [0.25, 0.3) is 67.7 Å². The van der Waals surface area contributed by atoms with Crippen LogP contribution in [0.15, 0.2) is 124 Å². The fraction of sp³-hybridized carbons (Fsp3) is 0.400. The van der Waals surface area contributed by atoms with Crippen molar-refractivity contribution in [3.05, 3.63) is 181 Å². The van der Waals surface area contributed by atoms with E-state index >= 15 is 0 Å². The third-order valence-corrected chi connectivity index (χ3v) is 19.4. The smallest absolute Gasteiger partial charge is 0.258 e. The van der Waals surface area contributed by atoms with Gasteiger partial charge in [0, 0.05) is 101 Å². The number of nitrogens with zero attached hydrogens (tertiary/aromatic N) is 19. The van der Waals surface area contributed by atoms with Crippen LogP contribution in [0, 0.1) is 20.8 Å². The average molecular weight is 1260 g/mol. The van der Waals surface area contributed by atoms with Crippen molar-refractivity contribution in [1.29, 1.82) is 0 Å². The molecule has 24 nitrogen and oxygen atoms in total. The maximum Gasteiger partial charge on any atom is 0.258 e. The molecule has 2 saturated carbocycles. The summed E-state index contributed by atoms with van der Waals surface area (Å²) in [4.78, 5) is 76.7. The third kappa shape index (κ3) is 11.8. The second-order valence-electron chi connectivity index (χ2n) is 26.2. The van der Waals surface area contributed by atoms with E-state index in [0.29, 0.717) is 74.9 Å². The Morgan fingerprint density at radius 2 is 0.904 bits per heavy atom. The second kappa shape index (κ2) is 24.4. The number of pyridine rings is 3. The minimum Gasteiger partial charge on any atom is -0.378 e. The largest absolute Gasteiger partial charge is 0.378 e. The van der Waals surface area contributed by atoms with Crippen LogP contribution < -0.4 is 31.8 Å². The molecule has 24 heteroatoms. The van der Waals surface area contributed by atoms with E-state index in [2.05, 4.69) is 61.1 Å². The van der Waals surface area contributed by atoms with Crippen molar-refractivity contribution < 1.29 is 4.74 Å². The summed E-state index contributed by atoms with van der Waals surface area (Å²) in [6.07, 6.45) is 19.3. The number of ether oxygens (including phenoxy) is 1. The molecule has 0 unspecified atom stereocenters. The van der Waals surface area contributed by atoms with Gasteiger partial charge >= 0.3 is 0 Å². The number of anilines is 2. The fourth-order valence-electron chi connectivity index (χ4n) is 13.7. The quantitative estimate of drug-likeness (QED) is 0.143. The van der Waals surface area contributed by atoms with Gasteiger partial charge in [-0.1, -0.05) is 13.0 Å². The highest BCUT2D eigenvalue weighted by Gasteiger charge is 2.32. The van der Waals surface area contributed by atoms with Gasteiger partial charge in [0.1, 0.15) is 34.0 Å². The van der Waals surface area contributed by atoms with Crippen LogP contribution in [-0.4, -0.2) is 173 Å². The number of fused-ring (bicyclic) bond motifs is 6. The topological polar surface area (TPSA) is 228 Å². The zero-order chi connectivity index (χ0) is 63.9. The van der Waals surface area contributed by atoms with Crippen LogP contribution in [0.4, 0.5) is 11.4 Å².